The second kappa shape index (κ2) is 7.81. The normalized spacial score (nSPS) is 12.2. The highest BCUT2D eigenvalue weighted by molar-refractivity contribution is 6.33. The van der Waals surface area contributed by atoms with E-state index in [0.717, 1.165) is 38.9 Å². The van der Waals surface area contributed by atoms with E-state index in [9.17, 15) is 4.79 Å². The van der Waals surface area contributed by atoms with Crippen LogP contribution in [0.4, 0.5) is 5.69 Å². The van der Waals surface area contributed by atoms with E-state index in [4.69, 9.17) is 16.6 Å². The van der Waals surface area contributed by atoms with E-state index in [2.05, 4.69) is 45.0 Å². The highest BCUT2D eigenvalue weighted by Crippen LogP contribution is 2.30. The largest absolute Gasteiger partial charge is 0.327 e. The third kappa shape index (κ3) is 3.51. The molecule has 5 rings (SSSR count). The van der Waals surface area contributed by atoms with E-state index in [1.165, 1.54) is 0 Å². The molecule has 152 valence electrons. The Morgan fingerprint density at radius 1 is 1.03 bits per heavy atom. The number of aromatic nitrogens is 4. The summed E-state index contributed by atoms with van der Waals surface area (Å²) < 4.78 is 2.07. The predicted molar refractivity (Wildman–Crippen MR) is 123 cm³/mol. The average Bonchev–Trinajstić information content (AvgIpc) is 3.23. The molecule has 0 saturated carbocycles. The van der Waals surface area contributed by atoms with Crippen molar-refractivity contribution in [3.05, 3.63) is 83.8 Å². The maximum Gasteiger partial charge on any atom is 0.211 e. The Kier molecular flexibility index (Phi) is 4.84. The summed E-state index contributed by atoms with van der Waals surface area (Å²) in [7, 11) is 0. The van der Waals surface area contributed by atoms with Crippen LogP contribution >= 0.6 is 11.6 Å². The number of rotatable bonds is 5. The molecule has 1 N–H and O–H groups in total. The molecular formula is C24H18ClN5O. The van der Waals surface area contributed by atoms with Crippen LogP contribution in [0, 0.1) is 0 Å². The summed E-state index contributed by atoms with van der Waals surface area (Å²) in [5.41, 5.74) is 5.94. The topological polar surface area (TPSA) is 72.7 Å². The Morgan fingerprint density at radius 3 is 2.74 bits per heavy atom. The zero-order chi connectivity index (χ0) is 21.4. The van der Waals surface area contributed by atoms with Gasteiger partial charge in [-0.1, -0.05) is 29.8 Å². The van der Waals surface area contributed by atoms with Gasteiger partial charge in [-0.2, -0.15) is 0 Å². The molecule has 3 aromatic heterocycles. The molecule has 1 unspecified atom stereocenters. The summed E-state index contributed by atoms with van der Waals surface area (Å²) in [5.74, 6) is 0. The second-order valence-corrected chi connectivity index (χ2v) is 7.69. The molecule has 3 heterocycles. The Bertz CT molecular complexity index is 1430. The van der Waals surface area contributed by atoms with Gasteiger partial charge in [-0.05, 0) is 55.0 Å². The van der Waals surface area contributed by atoms with Gasteiger partial charge in [-0.3, -0.25) is 9.78 Å². The third-order valence-electron chi connectivity index (χ3n) is 5.43. The first-order chi connectivity index (χ1) is 15.1. The molecule has 0 saturated heterocycles. The highest BCUT2D eigenvalue weighted by Gasteiger charge is 2.15. The smallest absolute Gasteiger partial charge is 0.211 e. The van der Waals surface area contributed by atoms with Gasteiger partial charge < -0.3 is 9.88 Å². The van der Waals surface area contributed by atoms with Crippen LogP contribution in [0.25, 0.3) is 33.3 Å². The van der Waals surface area contributed by atoms with Gasteiger partial charge in [-0.15, -0.1) is 0 Å². The maximum absolute atomic E-state index is 10.7. The fraction of sp³-hybridized carbons (Fsp3) is 0.0833. The van der Waals surface area contributed by atoms with E-state index in [1.54, 1.807) is 18.3 Å². The van der Waals surface area contributed by atoms with Crippen molar-refractivity contribution in [2.75, 3.05) is 5.32 Å². The molecule has 0 aliphatic heterocycles. The van der Waals surface area contributed by atoms with E-state index < -0.39 is 0 Å². The number of amides is 1. The number of hydrogen-bond acceptors (Lipinski definition) is 4. The first-order valence-electron chi connectivity index (χ1n) is 9.82. The fourth-order valence-corrected chi connectivity index (χ4v) is 3.96. The van der Waals surface area contributed by atoms with Gasteiger partial charge in [0.1, 0.15) is 5.52 Å². The molecule has 0 spiro atoms. The number of benzene rings is 2. The molecule has 0 aliphatic rings. The van der Waals surface area contributed by atoms with E-state index in [0.29, 0.717) is 17.1 Å². The molecule has 5 aromatic rings. The molecule has 0 bridgehead atoms. The number of carbonyl (C=O) groups is 1. The van der Waals surface area contributed by atoms with Crippen molar-refractivity contribution < 1.29 is 4.79 Å². The Hall–Kier alpha value is -3.77. The average molecular weight is 428 g/mol. The van der Waals surface area contributed by atoms with Gasteiger partial charge in [0.25, 0.3) is 0 Å². The lowest BCUT2D eigenvalue weighted by atomic mass is 10.1. The van der Waals surface area contributed by atoms with Crippen molar-refractivity contribution >= 4 is 45.8 Å². The third-order valence-corrected chi connectivity index (χ3v) is 5.74. The summed E-state index contributed by atoms with van der Waals surface area (Å²) >= 11 is 6.29. The van der Waals surface area contributed by atoms with E-state index in [1.807, 2.05) is 36.7 Å². The number of fused-ring (bicyclic) bond motifs is 2. The molecular weight excluding hydrogens is 410 g/mol. The van der Waals surface area contributed by atoms with Crippen molar-refractivity contribution in [3.63, 3.8) is 0 Å². The lowest BCUT2D eigenvalue weighted by Gasteiger charge is -2.15. The maximum atomic E-state index is 10.7. The molecule has 1 amide bonds. The number of nitrogens with one attached hydrogen (secondary N) is 1. The van der Waals surface area contributed by atoms with Gasteiger partial charge in [0.05, 0.1) is 34.3 Å². The lowest BCUT2D eigenvalue weighted by molar-refractivity contribution is -0.105. The van der Waals surface area contributed by atoms with Crippen LogP contribution in [0.15, 0.2) is 73.2 Å². The first-order valence-corrected chi connectivity index (χ1v) is 10.2. The lowest BCUT2D eigenvalue weighted by Crippen LogP contribution is -2.06. The Balaban J connectivity index is 1.55. The van der Waals surface area contributed by atoms with Gasteiger partial charge in [0.2, 0.25) is 6.41 Å². The number of imidazole rings is 1. The molecule has 2 aromatic carbocycles. The van der Waals surface area contributed by atoms with E-state index >= 15 is 0 Å². The van der Waals surface area contributed by atoms with Crippen LogP contribution in [-0.2, 0) is 4.79 Å². The summed E-state index contributed by atoms with van der Waals surface area (Å²) in [5, 5.41) is 4.14. The molecule has 6 nitrogen and oxygen atoms in total. The van der Waals surface area contributed by atoms with Crippen LogP contribution < -0.4 is 5.32 Å². The second-order valence-electron chi connectivity index (χ2n) is 7.28. The number of pyridine rings is 2. The number of nitrogens with zero attached hydrogens (tertiary/aromatic N) is 4. The molecule has 0 aliphatic carbocycles. The quantitative estimate of drug-likeness (QED) is 0.377. The fourth-order valence-electron chi connectivity index (χ4n) is 3.72. The van der Waals surface area contributed by atoms with Gasteiger partial charge >= 0.3 is 0 Å². The highest BCUT2D eigenvalue weighted by atomic mass is 35.5. The van der Waals surface area contributed by atoms with Crippen molar-refractivity contribution in [3.8, 4) is 11.3 Å². The van der Waals surface area contributed by atoms with Crippen molar-refractivity contribution in [2.24, 2.45) is 0 Å². The van der Waals surface area contributed by atoms with Crippen LogP contribution in [0.1, 0.15) is 18.5 Å². The van der Waals surface area contributed by atoms with Crippen LogP contribution in [0.2, 0.25) is 5.02 Å². The van der Waals surface area contributed by atoms with Crippen molar-refractivity contribution in [2.45, 2.75) is 13.0 Å². The van der Waals surface area contributed by atoms with Gasteiger partial charge in [0, 0.05) is 17.1 Å². The predicted octanol–water partition coefficient (Wildman–Crippen LogP) is 5.48. The Morgan fingerprint density at radius 2 is 1.90 bits per heavy atom. The van der Waals surface area contributed by atoms with Crippen molar-refractivity contribution in [1.82, 2.24) is 19.5 Å². The van der Waals surface area contributed by atoms with Gasteiger partial charge in [-0.25, -0.2) is 9.97 Å². The van der Waals surface area contributed by atoms with Crippen molar-refractivity contribution in [1.29, 1.82) is 0 Å². The summed E-state index contributed by atoms with van der Waals surface area (Å²) in [6.45, 7) is 2.13. The zero-order valence-electron chi connectivity index (χ0n) is 16.7. The summed E-state index contributed by atoms with van der Waals surface area (Å²) in [4.78, 5) is 24.5. The Labute approximate surface area is 183 Å². The van der Waals surface area contributed by atoms with Crippen LogP contribution in [-0.4, -0.2) is 25.9 Å². The summed E-state index contributed by atoms with van der Waals surface area (Å²) in [6.07, 6.45) is 4.23. The first kappa shape index (κ1) is 19.2. The molecule has 1 atom stereocenters. The SMILES string of the molecule is CC(c1ccc2ncccc2c1)n1cnc2ccc(-c3ccc(NC=O)c(Cl)c3)nc21. The number of anilines is 1. The number of hydrogen-bond donors (Lipinski definition) is 1. The molecule has 0 radical (unpaired) electrons. The van der Waals surface area contributed by atoms with Crippen LogP contribution in [0.5, 0.6) is 0 Å². The standard InChI is InChI=1S/C24H18ClN5O/c1-15(16-4-6-20-17(11-16)3-2-10-26-20)30-13-27-23-9-8-21(29-24(23)30)18-5-7-22(28-14-31)19(25)12-18/h2-15H,1H3,(H,28,31). The minimum atomic E-state index is 0.0418. The van der Waals surface area contributed by atoms with E-state index in [-0.39, 0.29) is 6.04 Å². The zero-order valence-corrected chi connectivity index (χ0v) is 17.4. The summed E-state index contributed by atoms with van der Waals surface area (Å²) in [6, 6.07) is 19.6. The molecule has 7 heteroatoms. The molecule has 0 fully saturated rings. The number of halogens is 1. The monoisotopic (exact) mass is 427 g/mol. The van der Waals surface area contributed by atoms with Gasteiger partial charge in [0.15, 0.2) is 5.65 Å². The number of carbonyl (C=O) groups excluding carboxylic acids is 1. The van der Waals surface area contributed by atoms with Crippen LogP contribution in [0.3, 0.4) is 0 Å². The minimum absolute atomic E-state index is 0.0418. The molecule has 31 heavy (non-hydrogen) atoms. The minimum Gasteiger partial charge on any atom is -0.327 e.